The number of pyridine rings is 1. The summed E-state index contributed by atoms with van der Waals surface area (Å²) in [6, 6.07) is 12.1. The smallest absolute Gasteiger partial charge is 0.237 e. The Kier molecular flexibility index (Phi) is 3.92. The first kappa shape index (κ1) is 13.1. The fourth-order valence-electron chi connectivity index (χ4n) is 2.57. The summed E-state index contributed by atoms with van der Waals surface area (Å²) in [5.74, 6) is 0.114. The Labute approximate surface area is 118 Å². The van der Waals surface area contributed by atoms with Gasteiger partial charge in [0.25, 0.3) is 0 Å². The van der Waals surface area contributed by atoms with Gasteiger partial charge in [0.2, 0.25) is 5.91 Å². The van der Waals surface area contributed by atoms with Crippen LogP contribution < -0.4 is 10.6 Å². The Bertz CT molecular complexity index is 611. The van der Waals surface area contributed by atoms with Crippen LogP contribution in [0.4, 0.5) is 0 Å². The van der Waals surface area contributed by atoms with E-state index < -0.39 is 0 Å². The lowest BCUT2D eigenvalue weighted by atomic mass is 10.1. The molecule has 1 aliphatic rings. The molecule has 1 aromatic carbocycles. The van der Waals surface area contributed by atoms with Crippen LogP contribution in [0.1, 0.15) is 25.0 Å². The van der Waals surface area contributed by atoms with E-state index in [2.05, 4.69) is 27.8 Å². The fourth-order valence-corrected chi connectivity index (χ4v) is 2.57. The second kappa shape index (κ2) is 6.01. The molecule has 0 aliphatic carbocycles. The van der Waals surface area contributed by atoms with E-state index in [9.17, 15) is 4.79 Å². The molecule has 2 aromatic rings. The van der Waals surface area contributed by atoms with Crippen molar-refractivity contribution in [1.29, 1.82) is 0 Å². The monoisotopic (exact) mass is 269 g/mol. The topological polar surface area (TPSA) is 54.0 Å². The van der Waals surface area contributed by atoms with Gasteiger partial charge in [-0.25, -0.2) is 0 Å². The largest absolute Gasteiger partial charge is 0.355 e. The molecule has 1 aromatic heterocycles. The number of benzene rings is 1. The van der Waals surface area contributed by atoms with Crippen molar-refractivity contribution in [2.75, 3.05) is 6.54 Å². The molecule has 1 fully saturated rings. The number of rotatable bonds is 3. The van der Waals surface area contributed by atoms with Crippen molar-refractivity contribution >= 4 is 16.8 Å². The molecule has 104 valence electrons. The first-order chi connectivity index (χ1) is 9.83. The van der Waals surface area contributed by atoms with E-state index in [-0.39, 0.29) is 11.9 Å². The van der Waals surface area contributed by atoms with E-state index in [1.54, 1.807) is 0 Å². The number of nitrogens with zero attached hydrogens (tertiary/aromatic N) is 1. The molecular weight excluding hydrogens is 250 g/mol. The number of amides is 1. The van der Waals surface area contributed by atoms with Crippen molar-refractivity contribution in [3.8, 4) is 0 Å². The molecule has 1 atom stereocenters. The summed E-state index contributed by atoms with van der Waals surface area (Å²) < 4.78 is 0. The summed E-state index contributed by atoms with van der Waals surface area (Å²) in [6.45, 7) is 1.42. The minimum atomic E-state index is -0.0919. The summed E-state index contributed by atoms with van der Waals surface area (Å²) >= 11 is 0. The van der Waals surface area contributed by atoms with Gasteiger partial charge in [0.05, 0.1) is 17.3 Å². The number of hydrogen-bond donors (Lipinski definition) is 2. The van der Waals surface area contributed by atoms with Gasteiger partial charge in [-0.1, -0.05) is 24.3 Å². The van der Waals surface area contributed by atoms with Crippen LogP contribution in [0, 0.1) is 0 Å². The highest BCUT2D eigenvalue weighted by atomic mass is 16.2. The normalized spacial score (nSPS) is 19.6. The second-order valence-corrected chi connectivity index (χ2v) is 5.22. The molecule has 4 nitrogen and oxygen atoms in total. The highest BCUT2D eigenvalue weighted by molar-refractivity contribution is 5.82. The summed E-state index contributed by atoms with van der Waals surface area (Å²) in [5.41, 5.74) is 1.97. The van der Waals surface area contributed by atoms with E-state index in [0.29, 0.717) is 6.54 Å². The van der Waals surface area contributed by atoms with Crippen LogP contribution in [0.5, 0.6) is 0 Å². The van der Waals surface area contributed by atoms with Crippen LogP contribution >= 0.6 is 0 Å². The predicted octanol–water partition coefficient (Wildman–Crippen LogP) is 1.99. The summed E-state index contributed by atoms with van der Waals surface area (Å²) in [6.07, 6.45) is 3.05. The molecular formula is C16H19N3O. The molecule has 4 heteroatoms. The van der Waals surface area contributed by atoms with Crippen LogP contribution in [0.15, 0.2) is 36.4 Å². The lowest BCUT2D eigenvalue weighted by Crippen LogP contribution is -2.42. The Hall–Kier alpha value is -1.94. The van der Waals surface area contributed by atoms with E-state index in [1.807, 2.05) is 24.3 Å². The molecule has 1 amide bonds. The molecule has 1 aliphatic heterocycles. The van der Waals surface area contributed by atoms with Crippen molar-refractivity contribution in [2.45, 2.75) is 31.8 Å². The number of nitrogens with one attached hydrogen (secondary N) is 2. The number of fused-ring (bicyclic) bond motifs is 1. The summed E-state index contributed by atoms with van der Waals surface area (Å²) in [4.78, 5) is 16.5. The van der Waals surface area contributed by atoms with Crippen LogP contribution in [0.2, 0.25) is 0 Å². The molecule has 20 heavy (non-hydrogen) atoms. The van der Waals surface area contributed by atoms with Gasteiger partial charge in [-0.3, -0.25) is 9.78 Å². The summed E-state index contributed by atoms with van der Waals surface area (Å²) in [7, 11) is 0. The quantitative estimate of drug-likeness (QED) is 0.896. The highest BCUT2D eigenvalue weighted by Gasteiger charge is 2.19. The molecule has 1 saturated heterocycles. The molecule has 3 rings (SSSR count). The molecule has 0 radical (unpaired) electrons. The molecule has 0 spiro atoms. The van der Waals surface area contributed by atoms with Crippen LogP contribution in [-0.2, 0) is 11.3 Å². The zero-order chi connectivity index (χ0) is 13.8. The lowest BCUT2D eigenvalue weighted by Gasteiger charge is -2.14. The lowest BCUT2D eigenvalue weighted by molar-refractivity contribution is -0.122. The van der Waals surface area contributed by atoms with E-state index in [1.165, 1.54) is 0 Å². The minimum absolute atomic E-state index is 0.0919. The predicted molar refractivity (Wildman–Crippen MR) is 79.2 cm³/mol. The number of carbonyl (C=O) groups is 1. The fraction of sp³-hybridized carbons (Fsp3) is 0.375. The Balaban J connectivity index is 1.68. The van der Waals surface area contributed by atoms with Crippen LogP contribution in [0.3, 0.4) is 0 Å². The van der Waals surface area contributed by atoms with Gasteiger partial charge in [-0.15, -0.1) is 0 Å². The van der Waals surface area contributed by atoms with Gasteiger partial charge in [0.15, 0.2) is 0 Å². The third-order valence-electron chi connectivity index (χ3n) is 3.72. The highest BCUT2D eigenvalue weighted by Crippen LogP contribution is 2.12. The third-order valence-corrected chi connectivity index (χ3v) is 3.72. The first-order valence-corrected chi connectivity index (χ1v) is 7.19. The maximum atomic E-state index is 11.9. The Morgan fingerprint density at radius 2 is 2.10 bits per heavy atom. The average molecular weight is 269 g/mol. The third kappa shape index (κ3) is 2.96. The molecule has 0 bridgehead atoms. The molecule has 1 unspecified atom stereocenters. The molecule has 0 saturated carbocycles. The van der Waals surface area contributed by atoms with Crippen molar-refractivity contribution in [3.05, 3.63) is 42.1 Å². The van der Waals surface area contributed by atoms with Crippen molar-refractivity contribution in [3.63, 3.8) is 0 Å². The van der Waals surface area contributed by atoms with Gasteiger partial charge in [0, 0.05) is 18.5 Å². The number of hydrogen-bond acceptors (Lipinski definition) is 3. The van der Waals surface area contributed by atoms with Gasteiger partial charge >= 0.3 is 0 Å². The Morgan fingerprint density at radius 1 is 1.20 bits per heavy atom. The van der Waals surface area contributed by atoms with Crippen molar-refractivity contribution < 1.29 is 4.79 Å². The molecule has 2 heterocycles. The maximum Gasteiger partial charge on any atom is 0.237 e. The van der Waals surface area contributed by atoms with Gasteiger partial charge in [-0.2, -0.15) is 0 Å². The number of carbonyl (C=O) groups excluding carboxylic acids is 1. The maximum absolute atomic E-state index is 11.9. The standard InChI is InChI=1S/C16H19N3O/c20-16-15(7-3-4-10-17-16)18-11-13-9-8-12-5-1-2-6-14(12)19-13/h1-2,5-6,8-9,15,18H,3-4,7,10-11H2,(H,17,20). The van der Waals surface area contributed by atoms with Crippen molar-refractivity contribution in [2.24, 2.45) is 0 Å². The molecule has 2 N–H and O–H groups in total. The van der Waals surface area contributed by atoms with Crippen LogP contribution in [-0.4, -0.2) is 23.5 Å². The Morgan fingerprint density at radius 3 is 3.05 bits per heavy atom. The number of aromatic nitrogens is 1. The van der Waals surface area contributed by atoms with Gasteiger partial charge < -0.3 is 10.6 Å². The number of para-hydroxylation sites is 1. The SMILES string of the molecule is O=C1NCCCCC1NCc1ccc2ccccc2n1. The summed E-state index contributed by atoms with van der Waals surface area (Å²) in [5, 5.41) is 7.40. The minimum Gasteiger partial charge on any atom is -0.355 e. The van der Waals surface area contributed by atoms with E-state index in [0.717, 1.165) is 42.4 Å². The average Bonchev–Trinajstić information content (AvgIpc) is 2.69. The van der Waals surface area contributed by atoms with E-state index >= 15 is 0 Å². The van der Waals surface area contributed by atoms with E-state index in [4.69, 9.17) is 0 Å². The first-order valence-electron chi connectivity index (χ1n) is 7.19. The van der Waals surface area contributed by atoms with Gasteiger partial charge in [0.1, 0.15) is 0 Å². The zero-order valence-corrected chi connectivity index (χ0v) is 11.4. The zero-order valence-electron chi connectivity index (χ0n) is 11.4. The second-order valence-electron chi connectivity index (χ2n) is 5.22. The van der Waals surface area contributed by atoms with Gasteiger partial charge in [-0.05, 0) is 31.4 Å². The van der Waals surface area contributed by atoms with Crippen LogP contribution in [0.25, 0.3) is 10.9 Å². The van der Waals surface area contributed by atoms with Crippen molar-refractivity contribution in [1.82, 2.24) is 15.6 Å².